The van der Waals surface area contributed by atoms with Gasteiger partial charge in [-0.2, -0.15) is 0 Å². The van der Waals surface area contributed by atoms with Gasteiger partial charge in [0, 0.05) is 31.6 Å². The van der Waals surface area contributed by atoms with Crippen LogP contribution in [0, 0.1) is 0 Å². The van der Waals surface area contributed by atoms with Gasteiger partial charge in [0.15, 0.2) is 0 Å². The lowest BCUT2D eigenvalue weighted by molar-refractivity contribution is -0.117. The van der Waals surface area contributed by atoms with Crippen molar-refractivity contribution in [2.24, 2.45) is 7.05 Å². The van der Waals surface area contributed by atoms with Crippen molar-refractivity contribution in [3.63, 3.8) is 0 Å². The standard InChI is InChI=1S/C23H22N4O3S/c1-27-11-10-24-23(27)22(15-12-16(29-2)14-17(13-15)30-3)26-20(28)8-9-21-25-18-6-4-5-7-19(18)31-21/h4-14,22H,1-3H3,(H,26,28)/b9-8+. The summed E-state index contributed by atoms with van der Waals surface area (Å²) in [5.74, 6) is 1.70. The highest BCUT2D eigenvalue weighted by molar-refractivity contribution is 7.19. The van der Waals surface area contributed by atoms with Crippen LogP contribution in [-0.2, 0) is 11.8 Å². The van der Waals surface area contributed by atoms with Gasteiger partial charge in [-0.3, -0.25) is 4.79 Å². The molecule has 0 aliphatic carbocycles. The van der Waals surface area contributed by atoms with E-state index in [0.29, 0.717) is 17.3 Å². The summed E-state index contributed by atoms with van der Waals surface area (Å²) >= 11 is 1.54. The Morgan fingerprint density at radius 2 is 1.90 bits per heavy atom. The number of carbonyl (C=O) groups is 1. The zero-order valence-electron chi connectivity index (χ0n) is 17.4. The maximum atomic E-state index is 12.8. The van der Waals surface area contributed by atoms with Crippen molar-refractivity contribution in [2.45, 2.75) is 6.04 Å². The first-order chi connectivity index (χ1) is 15.1. The fourth-order valence-electron chi connectivity index (χ4n) is 3.25. The Labute approximate surface area is 184 Å². The van der Waals surface area contributed by atoms with Crippen LogP contribution in [0.4, 0.5) is 0 Å². The van der Waals surface area contributed by atoms with Crippen molar-refractivity contribution in [3.05, 3.63) is 77.3 Å². The van der Waals surface area contributed by atoms with Crippen LogP contribution in [0.3, 0.4) is 0 Å². The van der Waals surface area contributed by atoms with Gasteiger partial charge >= 0.3 is 0 Å². The third-order valence-corrected chi connectivity index (χ3v) is 5.80. The lowest BCUT2D eigenvalue weighted by Gasteiger charge is -2.20. The van der Waals surface area contributed by atoms with Crippen LogP contribution < -0.4 is 14.8 Å². The van der Waals surface area contributed by atoms with E-state index in [-0.39, 0.29) is 5.91 Å². The SMILES string of the molecule is COc1cc(OC)cc(C(NC(=O)/C=C/c2nc3ccccc3s2)c2nccn2C)c1. The second kappa shape index (κ2) is 9.01. The number of benzene rings is 2. The van der Waals surface area contributed by atoms with E-state index in [1.54, 1.807) is 32.6 Å². The van der Waals surface area contributed by atoms with Crippen LogP contribution in [0.1, 0.15) is 22.4 Å². The van der Waals surface area contributed by atoms with Gasteiger partial charge in [0.05, 0.1) is 24.4 Å². The van der Waals surface area contributed by atoms with Crippen LogP contribution in [0.5, 0.6) is 11.5 Å². The summed E-state index contributed by atoms with van der Waals surface area (Å²) < 4.78 is 13.7. The number of fused-ring (bicyclic) bond motifs is 1. The highest BCUT2D eigenvalue weighted by atomic mass is 32.1. The number of hydrogen-bond acceptors (Lipinski definition) is 6. The first-order valence-electron chi connectivity index (χ1n) is 9.61. The molecule has 2 heterocycles. The number of aromatic nitrogens is 3. The molecule has 0 aliphatic heterocycles. The van der Waals surface area contributed by atoms with Crippen LogP contribution in [0.25, 0.3) is 16.3 Å². The average Bonchev–Trinajstić information content (AvgIpc) is 3.41. The molecule has 2 aromatic carbocycles. The van der Waals surface area contributed by atoms with Gasteiger partial charge < -0.3 is 19.4 Å². The molecule has 1 N–H and O–H groups in total. The van der Waals surface area contributed by atoms with Crippen molar-refractivity contribution in [1.82, 2.24) is 19.9 Å². The second-order valence-electron chi connectivity index (χ2n) is 6.84. The number of hydrogen-bond donors (Lipinski definition) is 1. The number of imidazole rings is 1. The van der Waals surface area contributed by atoms with Crippen molar-refractivity contribution >= 4 is 33.5 Å². The van der Waals surface area contributed by atoms with Crippen molar-refractivity contribution in [2.75, 3.05) is 14.2 Å². The molecule has 31 heavy (non-hydrogen) atoms. The molecule has 0 saturated carbocycles. The van der Waals surface area contributed by atoms with Crippen LogP contribution in [0.15, 0.2) is 60.9 Å². The lowest BCUT2D eigenvalue weighted by atomic mass is 10.0. The smallest absolute Gasteiger partial charge is 0.244 e. The molecule has 1 amide bonds. The Balaban J connectivity index is 1.62. The van der Waals surface area contributed by atoms with Gasteiger partial charge in [0.1, 0.15) is 28.4 Å². The summed E-state index contributed by atoms with van der Waals surface area (Å²) in [6.45, 7) is 0. The highest BCUT2D eigenvalue weighted by Gasteiger charge is 2.21. The number of thiazole rings is 1. The number of para-hydroxylation sites is 1. The van der Waals surface area contributed by atoms with Gasteiger partial charge in [-0.25, -0.2) is 9.97 Å². The summed E-state index contributed by atoms with van der Waals surface area (Å²) in [4.78, 5) is 21.8. The number of methoxy groups -OCH3 is 2. The molecule has 0 saturated heterocycles. The molecule has 7 nitrogen and oxygen atoms in total. The van der Waals surface area contributed by atoms with Crippen molar-refractivity contribution in [1.29, 1.82) is 0 Å². The zero-order chi connectivity index (χ0) is 21.8. The van der Waals surface area contributed by atoms with Gasteiger partial charge in [-0.15, -0.1) is 11.3 Å². The molecular weight excluding hydrogens is 412 g/mol. The summed E-state index contributed by atoms with van der Waals surface area (Å²) in [7, 11) is 5.07. The van der Waals surface area contributed by atoms with Gasteiger partial charge in [0.25, 0.3) is 0 Å². The third-order valence-electron chi connectivity index (χ3n) is 4.80. The van der Waals surface area contributed by atoms with E-state index in [9.17, 15) is 4.79 Å². The average molecular weight is 435 g/mol. The molecule has 1 unspecified atom stereocenters. The van der Waals surface area contributed by atoms with Crippen LogP contribution >= 0.6 is 11.3 Å². The van der Waals surface area contributed by atoms with E-state index >= 15 is 0 Å². The largest absolute Gasteiger partial charge is 0.497 e. The zero-order valence-corrected chi connectivity index (χ0v) is 18.2. The monoisotopic (exact) mass is 434 g/mol. The number of nitrogens with one attached hydrogen (secondary N) is 1. The quantitative estimate of drug-likeness (QED) is 0.446. The van der Waals surface area contributed by atoms with E-state index < -0.39 is 6.04 Å². The molecule has 2 aromatic heterocycles. The number of nitrogens with zero attached hydrogens (tertiary/aromatic N) is 3. The molecule has 1 atom stereocenters. The lowest BCUT2D eigenvalue weighted by Crippen LogP contribution is -2.29. The minimum atomic E-state index is -0.489. The Morgan fingerprint density at radius 1 is 1.16 bits per heavy atom. The van der Waals surface area contributed by atoms with Crippen molar-refractivity contribution < 1.29 is 14.3 Å². The first kappa shape index (κ1) is 20.6. The predicted molar refractivity (Wildman–Crippen MR) is 121 cm³/mol. The minimum absolute atomic E-state index is 0.256. The van der Waals surface area contributed by atoms with Crippen molar-refractivity contribution in [3.8, 4) is 11.5 Å². The number of amides is 1. The fourth-order valence-corrected chi connectivity index (χ4v) is 4.12. The maximum absolute atomic E-state index is 12.8. The predicted octanol–water partition coefficient (Wildman–Crippen LogP) is 3.97. The highest BCUT2D eigenvalue weighted by Crippen LogP contribution is 2.29. The normalized spacial score (nSPS) is 12.2. The van der Waals surface area contributed by atoms with E-state index in [1.807, 2.05) is 54.2 Å². The molecule has 158 valence electrons. The molecular formula is C23H22N4O3S. The summed E-state index contributed by atoms with van der Waals surface area (Å²) in [5, 5.41) is 3.81. The van der Waals surface area contributed by atoms with E-state index in [2.05, 4.69) is 15.3 Å². The second-order valence-corrected chi connectivity index (χ2v) is 7.90. The molecule has 0 spiro atoms. The number of ether oxygens (including phenoxy) is 2. The Hall–Kier alpha value is -3.65. The van der Waals surface area contributed by atoms with Gasteiger partial charge in [-0.05, 0) is 35.9 Å². The molecule has 0 fully saturated rings. The van der Waals surface area contributed by atoms with Gasteiger partial charge in [0.2, 0.25) is 5.91 Å². The Kier molecular flexibility index (Phi) is 5.99. The molecule has 8 heteroatoms. The summed E-state index contributed by atoms with van der Waals surface area (Å²) in [5.41, 5.74) is 1.72. The molecule has 4 rings (SSSR count). The molecule has 4 aromatic rings. The topological polar surface area (TPSA) is 78.3 Å². The van der Waals surface area contributed by atoms with E-state index in [4.69, 9.17) is 9.47 Å². The minimum Gasteiger partial charge on any atom is -0.497 e. The molecule has 0 radical (unpaired) electrons. The molecule has 0 aliphatic rings. The van der Waals surface area contributed by atoms with Crippen LogP contribution in [-0.4, -0.2) is 34.7 Å². The Bertz CT molecular complexity index is 1190. The maximum Gasteiger partial charge on any atom is 0.244 e. The summed E-state index contributed by atoms with van der Waals surface area (Å²) in [6.07, 6.45) is 6.75. The number of carbonyl (C=O) groups excluding carboxylic acids is 1. The number of aryl methyl sites for hydroxylation is 1. The van der Waals surface area contributed by atoms with Crippen LogP contribution in [0.2, 0.25) is 0 Å². The van der Waals surface area contributed by atoms with Gasteiger partial charge in [-0.1, -0.05) is 12.1 Å². The molecule has 0 bridgehead atoms. The Morgan fingerprint density at radius 3 is 2.55 bits per heavy atom. The fraction of sp³-hybridized carbons (Fsp3) is 0.174. The first-order valence-corrected chi connectivity index (χ1v) is 10.4. The van der Waals surface area contributed by atoms with E-state index in [1.165, 1.54) is 17.4 Å². The van der Waals surface area contributed by atoms with E-state index in [0.717, 1.165) is 20.8 Å². The summed E-state index contributed by atoms with van der Waals surface area (Å²) in [6, 6.07) is 12.9. The third kappa shape index (κ3) is 4.59. The number of rotatable bonds is 7.